The predicted octanol–water partition coefficient (Wildman–Crippen LogP) is 1.60. The van der Waals surface area contributed by atoms with E-state index < -0.39 is 0 Å². The number of benzene rings is 1. The number of para-hydroxylation sites is 2. The van der Waals surface area contributed by atoms with Crippen molar-refractivity contribution in [1.29, 1.82) is 0 Å². The number of hydrogen-bond donors (Lipinski definition) is 1. The molecule has 0 atom stereocenters. The molecular weight excluding hydrogens is 258 g/mol. The average Bonchev–Trinajstić information content (AvgIpc) is 2.88. The molecule has 2 aromatic rings. The van der Waals surface area contributed by atoms with Crippen LogP contribution in [0.1, 0.15) is 11.7 Å². The molecular formula is C14H19N3O3. The summed E-state index contributed by atoms with van der Waals surface area (Å²) in [6, 6.07) is 7.60. The Hall–Kier alpha value is -2.08. The summed E-state index contributed by atoms with van der Waals surface area (Å²) in [7, 11) is 1.63. The Bertz CT molecular complexity index is 528. The van der Waals surface area contributed by atoms with Crippen LogP contribution in [0.3, 0.4) is 0 Å². The van der Waals surface area contributed by atoms with Gasteiger partial charge in [-0.25, -0.2) is 0 Å². The molecule has 0 saturated heterocycles. The van der Waals surface area contributed by atoms with E-state index >= 15 is 0 Å². The van der Waals surface area contributed by atoms with E-state index in [4.69, 9.17) is 14.0 Å². The molecule has 1 heterocycles. The van der Waals surface area contributed by atoms with Gasteiger partial charge in [0.15, 0.2) is 17.3 Å². The van der Waals surface area contributed by atoms with E-state index in [1.54, 1.807) is 7.11 Å². The van der Waals surface area contributed by atoms with Crippen molar-refractivity contribution >= 4 is 0 Å². The third kappa shape index (κ3) is 4.24. The molecule has 0 radical (unpaired) electrons. The van der Waals surface area contributed by atoms with Crippen LogP contribution in [0.2, 0.25) is 0 Å². The zero-order valence-electron chi connectivity index (χ0n) is 11.8. The van der Waals surface area contributed by atoms with Crippen LogP contribution in [0.4, 0.5) is 0 Å². The number of nitrogens with zero attached hydrogens (tertiary/aromatic N) is 2. The number of hydrogen-bond acceptors (Lipinski definition) is 6. The molecule has 1 aromatic carbocycles. The Morgan fingerprint density at radius 3 is 2.70 bits per heavy atom. The highest BCUT2D eigenvalue weighted by Gasteiger charge is 2.03. The summed E-state index contributed by atoms with van der Waals surface area (Å²) in [5.74, 6) is 2.82. The fraction of sp³-hybridized carbons (Fsp3) is 0.429. The smallest absolute Gasteiger partial charge is 0.227 e. The van der Waals surface area contributed by atoms with Gasteiger partial charge < -0.3 is 19.3 Å². The average molecular weight is 277 g/mol. The van der Waals surface area contributed by atoms with Crippen molar-refractivity contribution in [2.24, 2.45) is 0 Å². The summed E-state index contributed by atoms with van der Waals surface area (Å²) in [5, 5.41) is 7.00. The molecule has 108 valence electrons. The van der Waals surface area contributed by atoms with E-state index in [2.05, 4.69) is 15.5 Å². The molecule has 20 heavy (non-hydrogen) atoms. The Morgan fingerprint density at radius 2 is 2.00 bits per heavy atom. The quantitative estimate of drug-likeness (QED) is 0.739. The van der Waals surface area contributed by atoms with Crippen molar-refractivity contribution < 1.29 is 14.0 Å². The Labute approximate surface area is 118 Å². The number of nitrogens with one attached hydrogen (secondary N) is 1. The molecule has 0 fully saturated rings. The maximum atomic E-state index is 5.65. The summed E-state index contributed by atoms with van der Waals surface area (Å²) in [4.78, 5) is 4.13. The lowest BCUT2D eigenvalue weighted by molar-refractivity contribution is 0.291. The van der Waals surface area contributed by atoms with Crippen molar-refractivity contribution in [2.75, 3.05) is 26.8 Å². The van der Waals surface area contributed by atoms with Crippen LogP contribution in [0.25, 0.3) is 0 Å². The fourth-order valence-corrected chi connectivity index (χ4v) is 1.73. The van der Waals surface area contributed by atoms with Gasteiger partial charge in [-0.15, -0.1) is 0 Å². The Kier molecular flexibility index (Phi) is 5.37. The molecule has 0 unspecified atom stereocenters. The van der Waals surface area contributed by atoms with Gasteiger partial charge in [-0.05, 0) is 19.1 Å². The predicted molar refractivity (Wildman–Crippen MR) is 74.1 cm³/mol. The van der Waals surface area contributed by atoms with Crippen molar-refractivity contribution in [3.05, 3.63) is 36.0 Å². The van der Waals surface area contributed by atoms with Crippen molar-refractivity contribution in [1.82, 2.24) is 15.5 Å². The van der Waals surface area contributed by atoms with Crippen LogP contribution in [-0.4, -0.2) is 36.9 Å². The first-order valence-electron chi connectivity index (χ1n) is 6.55. The molecule has 6 nitrogen and oxygen atoms in total. The van der Waals surface area contributed by atoms with Crippen LogP contribution in [0.5, 0.6) is 11.5 Å². The van der Waals surface area contributed by atoms with Crippen LogP contribution in [-0.2, 0) is 6.42 Å². The summed E-state index contributed by atoms with van der Waals surface area (Å²) < 4.78 is 15.9. The van der Waals surface area contributed by atoms with E-state index in [-0.39, 0.29) is 0 Å². The van der Waals surface area contributed by atoms with Gasteiger partial charge in [0, 0.05) is 19.5 Å². The second-order valence-corrected chi connectivity index (χ2v) is 4.23. The molecule has 0 spiro atoms. The Morgan fingerprint density at radius 1 is 1.20 bits per heavy atom. The lowest BCUT2D eigenvalue weighted by Crippen LogP contribution is -2.23. The first-order chi connectivity index (χ1) is 9.79. The summed E-state index contributed by atoms with van der Waals surface area (Å²) in [6.45, 7) is 3.90. The van der Waals surface area contributed by atoms with Gasteiger partial charge in [0.2, 0.25) is 5.89 Å². The second kappa shape index (κ2) is 7.49. The second-order valence-electron chi connectivity index (χ2n) is 4.23. The van der Waals surface area contributed by atoms with E-state index in [0.29, 0.717) is 18.3 Å². The van der Waals surface area contributed by atoms with Crippen molar-refractivity contribution in [2.45, 2.75) is 13.3 Å². The molecule has 0 saturated carbocycles. The first-order valence-corrected chi connectivity index (χ1v) is 6.55. The molecule has 6 heteroatoms. The van der Waals surface area contributed by atoms with Crippen LogP contribution in [0.15, 0.2) is 28.8 Å². The topological polar surface area (TPSA) is 69.4 Å². The molecule has 1 N–H and O–H groups in total. The van der Waals surface area contributed by atoms with Crippen molar-refractivity contribution in [3.8, 4) is 11.5 Å². The summed E-state index contributed by atoms with van der Waals surface area (Å²) in [5.41, 5.74) is 0. The number of methoxy groups -OCH3 is 1. The van der Waals surface area contributed by atoms with Crippen molar-refractivity contribution in [3.63, 3.8) is 0 Å². The largest absolute Gasteiger partial charge is 0.493 e. The molecule has 0 aliphatic rings. The van der Waals surface area contributed by atoms with Gasteiger partial charge >= 0.3 is 0 Å². The molecule has 1 aromatic heterocycles. The maximum Gasteiger partial charge on any atom is 0.227 e. The van der Waals surface area contributed by atoms with Gasteiger partial charge in [0.05, 0.1) is 7.11 Å². The van der Waals surface area contributed by atoms with Gasteiger partial charge in [0.25, 0.3) is 0 Å². The minimum Gasteiger partial charge on any atom is -0.493 e. The van der Waals surface area contributed by atoms with Crippen LogP contribution >= 0.6 is 0 Å². The number of aromatic nitrogens is 2. The summed E-state index contributed by atoms with van der Waals surface area (Å²) >= 11 is 0. The van der Waals surface area contributed by atoms with Gasteiger partial charge in [-0.3, -0.25) is 0 Å². The highest BCUT2D eigenvalue weighted by Crippen LogP contribution is 2.25. The minimum absolute atomic E-state index is 0.573. The van der Waals surface area contributed by atoms with Gasteiger partial charge in [-0.2, -0.15) is 4.98 Å². The van der Waals surface area contributed by atoms with E-state index in [1.807, 2.05) is 31.2 Å². The zero-order chi connectivity index (χ0) is 14.2. The molecule has 0 aliphatic carbocycles. The van der Waals surface area contributed by atoms with E-state index in [0.717, 1.165) is 31.0 Å². The molecule has 0 aliphatic heterocycles. The molecule has 0 bridgehead atoms. The zero-order valence-corrected chi connectivity index (χ0v) is 11.8. The third-order valence-corrected chi connectivity index (χ3v) is 2.69. The SMILES string of the molecule is COc1ccccc1OCCNCCc1nc(C)no1. The lowest BCUT2D eigenvalue weighted by atomic mass is 10.3. The van der Waals surface area contributed by atoms with E-state index in [9.17, 15) is 0 Å². The normalized spacial score (nSPS) is 10.5. The standard InChI is InChI=1S/C14H19N3O3/c1-11-16-14(20-17-11)7-8-15-9-10-19-13-6-4-3-5-12(13)18-2/h3-6,15H,7-10H2,1-2H3. The highest BCUT2D eigenvalue weighted by atomic mass is 16.5. The third-order valence-electron chi connectivity index (χ3n) is 2.69. The molecule has 2 rings (SSSR count). The van der Waals surface area contributed by atoms with E-state index in [1.165, 1.54) is 0 Å². The number of rotatable bonds is 8. The minimum atomic E-state index is 0.573. The van der Waals surface area contributed by atoms with Crippen LogP contribution in [0, 0.1) is 6.92 Å². The monoisotopic (exact) mass is 277 g/mol. The molecule has 0 amide bonds. The van der Waals surface area contributed by atoms with Gasteiger partial charge in [0.1, 0.15) is 6.61 Å². The van der Waals surface area contributed by atoms with Crippen LogP contribution < -0.4 is 14.8 Å². The summed E-state index contributed by atoms with van der Waals surface area (Å²) in [6.07, 6.45) is 0.718. The number of aryl methyl sites for hydroxylation is 1. The fourth-order valence-electron chi connectivity index (χ4n) is 1.73. The van der Waals surface area contributed by atoms with Gasteiger partial charge in [-0.1, -0.05) is 17.3 Å². The first kappa shape index (κ1) is 14.3. The number of ether oxygens (including phenoxy) is 2. The Balaban J connectivity index is 1.62. The highest BCUT2D eigenvalue weighted by molar-refractivity contribution is 5.39. The lowest BCUT2D eigenvalue weighted by Gasteiger charge is -2.10. The maximum absolute atomic E-state index is 5.65.